The van der Waals surface area contributed by atoms with Crippen molar-refractivity contribution >= 4 is 17.5 Å². The molecule has 4 fully saturated rings. The molecule has 4 aliphatic rings. The number of hydrogen-bond acceptors (Lipinski definition) is 6. The molecule has 8 nitrogen and oxygen atoms in total. The smallest absolute Gasteiger partial charge is 0.240 e. The van der Waals surface area contributed by atoms with Crippen LogP contribution in [-0.2, 0) is 27.2 Å². The second-order valence-corrected chi connectivity index (χ2v) is 13.0. The molecule has 1 aromatic carbocycles. The van der Waals surface area contributed by atoms with Gasteiger partial charge in [-0.25, -0.2) is 4.98 Å². The average molecular weight is 570 g/mol. The maximum Gasteiger partial charge on any atom is 0.240 e. The van der Waals surface area contributed by atoms with Gasteiger partial charge in [0, 0.05) is 43.5 Å². The highest BCUT2D eigenvalue weighted by atomic mass is 35.5. The molecule has 6 rings (SSSR count). The van der Waals surface area contributed by atoms with Crippen molar-refractivity contribution in [1.29, 1.82) is 0 Å². The number of ether oxygens (including phenoxy) is 2. The molecule has 1 aromatic heterocycles. The lowest BCUT2D eigenvalue weighted by molar-refractivity contribution is -0.179. The van der Waals surface area contributed by atoms with Crippen LogP contribution in [0.4, 0.5) is 0 Å². The Bertz CT molecular complexity index is 1080. The van der Waals surface area contributed by atoms with E-state index in [4.69, 9.17) is 21.1 Å². The maximum atomic E-state index is 14.2. The van der Waals surface area contributed by atoms with Crippen molar-refractivity contribution in [3.8, 4) is 0 Å². The summed E-state index contributed by atoms with van der Waals surface area (Å²) in [5.41, 5.74) is 1.31. The maximum absolute atomic E-state index is 14.2. The van der Waals surface area contributed by atoms with Crippen molar-refractivity contribution in [1.82, 2.24) is 25.0 Å². The van der Waals surface area contributed by atoms with E-state index in [2.05, 4.69) is 20.3 Å². The van der Waals surface area contributed by atoms with Gasteiger partial charge in [-0.2, -0.15) is 5.10 Å². The Labute approximate surface area is 243 Å². The lowest BCUT2D eigenvalue weighted by Gasteiger charge is -2.48. The van der Waals surface area contributed by atoms with E-state index in [9.17, 15) is 4.79 Å². The summed E-state index contributed by atoms with van der Waals surface area (Å²) < 4.78 is 13.9. The average Bonchev–Trinajstić information content (AvgIpc) is 3.68. The Morgan fingerprint density at radius 2 is 1.70 bits per heavy atom. The van der Waals surface area contributed by atoms with E-state index in [0.717, 1.165) is 68.7 Å². The SMILES string of the molecule is O=C([C@@H](Cc1ccc(Cl)cc1)NC1CCC2(CC1)OCCO2)N1CCC(Cn2cncn2)(C2CCCCC2)CC1. The molecular weight excluding hydrogens is 526 g/mol. The highest BCUT2D eigenvalue weighted by Gasteiger charge is 2.45. The Morgan fingerprint density at radius 1 is 1.00 bits per heavy atom. The van der Waals surface area contributed by atoms with Gasteiger partial charge in [0.1, 0.15) is 12.7 Å². The Balaban J connectivity index is 1.14. The van der Waals surface area contributed by atoms with Crippen LogP contribution in [0, 0.1) is 11.3 Å². The molecule has 1 amide bonds. The number of carbonyl (C=O) groups excluding carboxylic acids is 1. The van der Waals surface area contributed by atoms with Crippen LogP contribution >= 0.6 is 11.6 Å². The monoisotopic (exact) mass is 569 g/mol. The van der Waals surface area contributed by atoms with E-state index in [-0.39, 0.29) is 23.4 Å². The number of benzene rings is 1. The summed E-state index contributed by atoms with van der Waals surface area (Å²) in [6.07, 6.45) is 16.4. The first-order valence-corrected chi connectivity index (χ1v) is 15.8. The van der Waals surface area contributed by atoms with Gasteiger partial charge in [-0.3, -0.25) is 9.48 Å². The molecule has 0 bridgehead atoms. The molecule has 9 heteroatoms. The summed E-state index contributed by atoms with van der Waals surface area (Å²) in [5, 5.41) is 8.97. The molecule has 1 atom stereocenters. The number of amides is 1. The standard InChI is InChI=1S/C31H44ClN5O3/c32-26-8-6-24(7-9-26)20-28(35-27-10-12-31(13-11-27)39-18-19-40-31)29(38)36-16-14-30(15-17-36,21-37-23-33-22-34-37)25-4-2-1-3-5-25/h6-9,22-23,25,27-28,35H,1-5,10-21H2/t28-/m1/s1. The molecule has 2 aliphatic carbocycles. The first kappa shape index (κ1) is 28.1. The van der Waals surface area contributed by atoms with Crippen LogP contribution in [0.5, 0.6) is 0 Å². The van der Waals surface area contributed by atoms with Gasteiger partial charge in [0.05, 0.1) is 19.3 Å². The Kier molecular flexibility index (Phi) is 8.77. The fraction of sp³-hybridized carbons (Fsp3) is 0.710. The second kappa shape index (κ2) is 12.5. The molecule has 218 valence electrons. The molecule has 3 heterocycles. The number of piperidine rings is 1. The first-order chi connectivity index (χ1) is 19.5. The topological polar surface area (TPSA) is 81.5 Å². The number of carbonyl (C=O) groups is 1. The molecular formula is C31H44ClN5O3. The molecule has 2 aromatic rings. The second-order valence-electron chi connectivity index (χ2n) is 12.5. The summed E-state index contributed by atoms with van der Waals surface area (Å²) in [6, 6.07) is 7.94. The molecule has 0 unspecified atom stereocenters. The molecule has 1 spiro atoms. The third kappa shape index (κ3) is 6.40. The number of halogens is 1. The van der Waals surface area contributed by atoms with Crippen molar-refractivity contribution in [3.05, 3.63) is 47.5 Å². The van der Waals surface area contributed by atoms with Crippen molar-refractivity contribution in [3.63, 3.8) is 0 Å². The van der Waals surface area contributed by atoms with Crippen molar-refractivity contribution in [2.45, 2.75) is 101 Å². The highest BCUT2D eigenvalue weighted by Crippen LogP contribution is 2.47. The number of likely N-dealkylation sites (tertiary alicyclic amines) is 1. The zero-order valence-electron chi connectivity index (χ0n) is 23.6. The van der Waals surface area contributed by atoms with Gasteiger partial charge in [0.25, 0.3) is 0 Å². The third-order valence-corrected chi connectivity index (χ3v) is 10.4. The summed E-state index contributed by atoms with van der Waals surface area (Å²) in [6.45, 7) is 3.88. The Morgan fingerprint density at radius 3 is 2.35 bits per heavy atom. The molecule has 2 saturated heterocycles. The van der Waals surface area contributed by atoms with Gasteiger partial charge in [-0.05, 0) is 74.0 Å². The molecule has 1 N–H and O–H groups in total. The van der Waals surface area contributed by atoms with Crippen LogP contribution in [0.2, 0.25) is 5.02 Å². The molecule has 2 aliphatic heterocycles. The van der Waals surface area contributed by atoms with Gasteiger partial charge in [0.15, 0.2) is 5.79 Å². The van der Waals surface area contributed by atoms with Gasteiger partial charge in [0.2, 0.25) is 5.91 Å². The van der Waals surface area contributed by atoms with Crippen LogP contribution in [0.15, 0.2) is 36.9 Å². The Hall–Kier alpha value is -2.00. The van der Waals surface area contributed by atoms with Crippen LogP contribution in [0.1, 0.15) is 76.2 Å². The van der Waals surface area contributed by atoms with E-state index >= 15 is 0 Å². The lowest BCUT2D eigenvalue weighted by Crippen LogP contribution is -2.56. The minimum Gasteiger partial charge on any atom is -0.348 e. The minimum atomic E-state index is -0.396. The van der Waals surface area contributed by atoms with E-state index in [0.29, 0.717) is 25.6 Å². The number of nitrogens with one attached hydrogen (secondary N) is 1. The van der Waals surface area contributed by atoms with E-state index in [1.807, 2.05) is 35.3 Å². The summed E-state index contributed by atoms with van der Waals surface area (Å²) in [7, 11) is 0. The number of aromatic nitrogens is 3. The zero-order valence-corrected chi connectivity index (χ0v) is 24.4. The molecule has 0 radical (unpaired) electrons. The van der Waals surface area contributed by atoms with Crippen LogP contribution in [-0.4, -0.2) is 69.7 Å². The predicted molar refractivity (Wildman–Crippen MR) is 154 cm³/mol. The van der Waals surface area contributed by atoms with Gasteiger partial charge >= 0.3 is 0 Å². The number of nitrogens with zero attached hydrogens (tertiary/aromatic N) is 4. The molecule has 40 heavy (non-hydrogen) atoms. The quantitative estimate of drug-likeness (QED) is 0.481. The summed E-state index contributed by atoms with van der Waals surface area (Å²) in [4.78, 5) is 20.5. The zero-order chi connectivity index (χ0) is 27.4. The van der Waals surface area contributed by atoms with E-state index in [1.165, 1.54) is 32.1 Å². The fourth-order valence-electron chi connectivity index (χ4n) is 7.81. The first-order valence-electron chi connectivity index (χ1n) is 15.4. The van der Waals surface area contributed by atoms with Crippen LogP contribution in [0.3, 0.4) is 0 Å². The third-order valence-electron chi connectivity index (χ3n) is 10.1. The summed E-state index contributed by atoms with van der Waals surface area (Å²) in [5.74, 6) is 0.523. The predicted octanol–water partition coefficient (Wildman–Crippen LogP) is 5.01. The molecule has 2 saturated carbocycles. The van der Waals surface area contributed by atoms with Crippen molar-refractivity contribution in [2.24, 2.45) is 11.3 Å². The van der Waals surface area contributed by atoms with Crippen LogP contribution in [0.25, 0.3) is 0 Å². The minimum absolute atomic E-state index is 0.184. The van der Waals surface area contributed by atoms with Gasteiger partial charge in [-0.1, -0.05) is 43.0 Å². The lowest BCUT2D eigenvalue weighted by atomic mass is 9.63. The van der Waals surface area contributed by atoms with Crippen molar-refractivity contribution in [2.75, 3.05) is 26.3 Å². The number of hydrogen-bond donors (Lipinski definition) is 1. The largest absolute Gasteiger partial charge is 0.348 e. The van der Waals surface area contributed by atoms with Gasteiger partial charge < -0.3 is 19.7 Å². The fourth-order valence-corrected chi connectivity index (χ4v) is 7.93. The van der Waals surface area contributed by atoms with Crippen LogP contribution < -0.4 is 5.32 Å². The number of rotatable bonds is 8. The van der Waals surface area contributed by atoms with Gasteiger partial charge in [-0.15, -0.1) is 0 Å². The summed E-state index contributed by atoms with van der Waals surface area (Å²) >= 11 is 6.16. The van der Waals surface area contributed by atoms with E-state index < -0.39 is 5.79 Å². The highest BCUT2D eigenvalue weighted by molar-refractivity contribution is 6.30. The van der Waals surface area contributed by atoms with E-state index in [1.54, 1.807) is 6.33 Å². The van der Waals surface area contributed by atoms with Crippen molar-refractivity contribution < 1.29 is 14.3 Å². The normalized spacial score (nSPS) is 24.4.